The molecule has 0 bridgehead atoms. The number of likely N-dealkylation sites (N-methyl/N-ethyl adjacent to an activating group) is 1. The van der Waals surface area contributed by atoms with Crippen molar-refractivity contribution in [1.29, 1.82) is 0 Å². The van der Waals surface area contributed by atoms with E-state index in [0.717, 1.165) is 83.5 Å². The molecule has 0 saturated carbocycles. The number of phosphoric ester groups is 1. The Kier molecular flexibility index (Phi) is 50.4. The molecule has 10 heteroatoms. The van der Waals surface area contributed by atoms with Crippen LogP contribution in [-0.2, 0) is 27.9 Å². The first-order chi connectivity index (χ1) is 34.4. The van der Waals surface area contributed by atoms with Crippen molar-refractivity contribution in [3.63, 3.8) is 0 Å². The van der Waals surface area contributed by atoms with E-state index in [1.165, 1.54) is 173 Å². The highest BCUT2D eigenvalue weighted by atomic mass is 31.2. The summed E-state index contributed by atoms with van der Waals surface area (Å²) in [7, 11) is 1.19. The van der Waals surface area contributed by atoms with Crippen LogP contribution in [0.5, 0.6) is 0 Å². The smallest absolute Gasteiger partial charge is 0.306 e. The molecule has 0 fully saturated rings. The van der Waals surface area contributed by atoms with Crippen LogP contribution >= 0.6 is 7.82 Å². The minimum absolute atomic E-state index is 0.0223. The Morgan fingerprint density at radius 3 is 1.24 bits per heavy atom. The second kappa shape index (κ2) is 51.7. The van der Waals surface area contributed by atoms with E-state index in [4.69, 9.17) is 13.8 Å². The fourth-order valence-corrected chi connectivity index (χ4v) is 9.52. The molecule has 71 heavy (non-hydrogen) atoms. The number of carbonyl (C=O) groups excluding carboxylic acids is 2. The van der Waals surface area contributed by atoms with Crippen molar-refractivity contribution in [2.75, 3.05) is 40.9 Å². The molecule has 1 amide bonds. The van der Waals surface area contributed by atoms with Gasteiger partial charge in [-0.05, 0) is 76.7 Å². The number of ether oxygens (including phenoxy) is 1. The van der Waals surface area contributed by atoms with Crippen LogP contribution in [0, 0.1) is 0 Å². The molecule has 9 nitrogen and oxygen atoms in total. The maximum atomic E-state index is 13.4. The topological polar surface area (TPSA) is 114 Å². The van der Waals surface area contributed by atoms with Crippen molar-refractivity contribution in [2.45, 2.75) is 303 Å². The molecular weight excluding hydrogens is 904 g/mol. The van der Waals surface area contributed by atoms with E-state index in [2.05, 4.69) is 50.4 Å². The summed E-state index contributed by atoms with van der Waals surface area (Å²) < 4.78 is 30.2. The standard InChI is InChI=1S/C61H117N2O7P/c1-7-10-13-16-19-22-25-26-27-28-29-30-31-32-33-34-35-36-39-42-45-48-51-54-61(65)70-59(52-49-46-43-40-37-23-20-17-14-11-8-2)58(57-69-71(66,67)68-56-55-63(4,5)6)62-60(64)53-50-47-44-41-38-24-21-18-15-12-9-3/h18,21,26-27,49,52,58-59H,7-17,19-20,22-25,28-48,50-51,53-57H2,1-6H3,(H-,62,64,66,67)/b21-18-,27-26+,52-49-. The average molecular weight is 1020 g/mol. The number of phosphoric acid groups is 1. The van der Waals surface area contributed by atoms with Gasteiger partial charge in [0.2, 0.25) is 5.91 Å². The zero-order valence-corrected chi connectivity index (χ0v) is 48.6. The Hall–Kier alpha value is -1.77. The number of amides is 1. The van der Waals surface area contributed by atoms with Crippen molar-refractivity contribution in [2.24, 2.45) is 0 Å². The van der Waals surface area contributed by atoms with Crippen LogP contribution in [0.3, 0.4) is 0 Å². The summed E-state index contributed by atoms with van der Waals surface area (Å²) in [5, 5.41) is 3.01. The van der Waals surface area contributed by atoms with Gasteiger partial charge >= 0.3 is 5.97 Å². The molecule has 0 aliphatic carbocycles. The van der Waals surface area contributed by atoms with E-state index in [0.29, 0.717) is 17.4 Å². The largest absolute Gasteiger partial charge is 0.756 e. The van der Waals surface area contributed by atoms with Crippen molar-refractivity contribution in [1.82, 2.24) is 5.32 Å². The zero-order chi connectivity index (χ0) is 52.2. The third-order valence-corrected chi connectivity index (χ3v) is 14.5. The van der Waals surface area contributed by atoms with Crippen LogP contribution in [-0.4, -0.2) is 69.4 Å². The fraction of sp³-hybridized carbons (Fsp3) is 0.869. The van der Waals surface area contributed by atoms with Gasteiger partial charge in [-0.3, -0.25) is 14.2 Å². The molecule has 418 valence electrons. The number of esters is 1. The Morgan fingerprint density at radius 2 is 0.831 bits per heavy atom. The molecule has 0 spiro atoms. The summed E-state index contributed by atoms with van der Waals surface area (Å²) in [5.41, 5.74) is 0. The number of hydrogen-bond donors (Lipinski definition) is 1. The van der Waals surface area contributed by atoms with Gasteiger partial charge in [-0.2, -0.15) is 0 Å². The van der Waals surface area contributed by atoms with Crippen LogP contribution in [0.4, 0.5) is 0 Å². The van der Waals surface area contributed by atoms with Gasteiger partial charge in [0, 0.05) is 12.8 Å². The van der Waals surface area contributed by atoms with Crippen molar-refractivity contribution < 1.29 is 37.3 Å². The van der Waals surface area contributed by atoms with Crippen molar-refractivity contribution in [3.05, 3.63) is 36.5 Å². The van der Waals surface area contributed by atoms with Crippen molar-refractivity contribution in [3.8, 4) is 0 Å². The van der Waals surface area contributed by atoms with Crippen LogP contribution in [0.1, 0.15) is 290 Å². The van der Waals surface area contributed by atoms with E-state index in [1.54, 1.807) is 0 Å². The number of unbranched alkanes of at least 4 members (excludes halogenated alkanes) is 35. The minimum Gasteiger partial charge on any atom is -0.756 e. The second-order valence-electron chi connectivity index (χ2n) is 21.8. The van der Waals surface area contributed by atoms with Gasteiger partial charge in [0.15, 0.2) is 0 Å². The molecule has 0 aliphatic rings. The molecular formula is C61H117N2O7P. The highest BCUT2D eigenvalue weighted by Gasteiger charge is 2.27. The average Bonchev–Trinajstić information content (AvgIpc) is 3.33. The van der Waals surface area contributed by atoms with Gasteiger partial charge in [-0.15, -0.1) is 0 Å². The van der Waals surface area contributed by atoms with Gasteiger partial charge < -0.3 is 28.5 Å². The number of hydrogen-bond acceptors (Lipinski definition) is 7. The van der Waals surface area contributed by atoms with Gasteiger partial charge in [0.25, 0.3) is 7.82 Å². The predicted octanol–water partition coefficient (Wildman–Crippen LogP) is 17.7. The molecule has 0 radical (unpaired) electrons. The number of nitrogens with one attached hydrogen (secondary N) is 1. The van der Waals surface area contributed by atoms with Crippen LogP contribution in [0.25, 0.3) is 0 Å². The SMILES string of the molecule is CCCC/C=C\CCCCCCCC(=O)NC(COP(=O)([O-])OCC[N+](C)(C)C)C(/C=C\CCCCCCCCCCC)OC(=O)CCCCCCCCCCCCCCC/C=C/CCCCCCCC. The Morgan fingerprint density at radius 1 is 0.479 bits per heavy atom. The van der Waals surface area contributed by atoms with Crippen LogP contribution in [0.15, 0.2) is 36.5 Å². The third-order valence-electron chi connectivity index (χ3n) is 13.5. The zero-order valence-electron chi connectivity index (χ0n) is 47.7. The van der Waals surface area contributed by atoms with E-state index in [-0.39, 0.29) is 31.5 Å². The Bertz CT molecular complexity index is 1310. The first-order valence-corrected chi connectivity index (χ1v) is 31.8. The van der Waals surface area contributed by atoms with E-state index in [9.17, 15) is 19.0 Å². The van der Waals surface area contributed by atoms with Gasteiger partial charge in [0.05, 0.1) is 33.8 Å². The Labute approximate surface area is 440 Å². The highest BCUT2D eigenvalue weighted by Crippen LogP contribution is 2.38. The molecule has 0 aliphatic heterocycles. The molecule has 0 aromatic carbocycles. The summed E-state index contributed by atoms with van der Waals surface area (Å²) >= 11 is 0. The first kappa shape index (κ1) is 69.2. The molecule has 0 rings (SSSR count). The lowest BCUT2D eigenvalue weighted by molar-refractivity contribution is -0.870. The van der Waals surface area contributed by atoms with E-state index < -0.39 is 20.0 Å². The molecule has 3 atom stereocenters. The van der Waals surface area contributed by atoms with Crippen molar-refractivity contribution >= 4 is 19.7 Å². The number of allylic oxidation sites excluding steroid dienone is 5. The number of nitrogens with zero attached hydrogens (tertiary/aromatic N) is 1. The quantitative estimate of drug-likeness (QED) is 0.0212. The molecule has 0 saturated heterocycles. The summed E-state index contributed by atoms with van der Waals surface area (Å²) in [5.74, 6) is -0.545. The van der Waals surface area contributed by atoms with Crippen LogP contribution < -0.4 is 10.2 Å². The first-order valence-electron chi connectivity index (χ1n) is 30.3. The maximum absolute atomic E-state index is 13.4. The number of rotatable bonds is 55. The van der Waals surface area contributed by atoms with E-state index in [1.807, 2.05) is 33.3 Å². The lowest BCUT2D eigenvalue weighted by Gasteiger charge is -2.30. The highest BCUT2D eigenvalue weighted by molar-refractivity contribution is 7.45. The lowest BCUT2D eigenvalue weighted by Crippen LogP contribution is -2.47. The second-order valence-corrected chi connectivity index (χ2v) is 23.3. The summed E-state index contributed by atoms with van der Waals surface area (Å²) in [6.07, 6.45) is 61.2. The number of carbonyl (C=O) groups is 2. The monoisotopic (exact) mass is 1020 g/mol. The molecule has 0 aromatic rings. The molecule has 1 N–H and O–H groups in total. The molecule has 0 heterocycles. The predicted molar refractivity (Wildman–Crippen MR) is 303 cm³/mol. The normalized spacial score (nSPS) is 14.0. The summed E-state index contributed by atoms with van der Waals surface area (Å²) in [4.78, 5) is 39.8. The lowest BCUT2D eigenvalue weighted by atomic mass is 10.0. The van der Waals surface area contributed by atoms with Gasteiger partial charge in [0.1, 0.15) is 19.3 Å². The fourth-order valence-electron chi connectivity index (χ4n) is 8.79. The van der Waals surface area contributed by atoms with Gasteiger partial charge in [-0.25, -0.2) is 0 Å². The van der Waals surface area contributed by atoms with Gasteiger partial charge in [-0.1, -0.05) is 237 Å². The summed E-state index contributed by atoms with van der Waals surface area (Å²) in [6.45, 7) is 6.80. The molecule has 3 unspecified atom stereocenters. The third kappa shape index (κ3) is 52.9. The number of quaternary nitrogens is 1. The molecule has 0 aromatic heterocycles. The van der Waals surface area contributed by atoms with Crippen LogP contribution in [0.2, 0.25) is 0 Å². The Balaban J connectivity index is 5.08. The maximum Gasteiger partial charge on any atom is 0.306 e. The summed E-state index contributed by atoms with van der Waals surface area (Å²) in [6, 6.07) is -0.888. The van der Waals surface area contributed by atoms with E-state index >= 15 is 0 Å². The minimum atomic E-state index is -4.69.